The largest absolute Gasteiger partial charge is 0.494 e. The molecule has 4 N–H and O–H groups in total. The number of hydrogen-bond donors (Lipinski definition) is 2. The van der Waals surface area contributed by atoms with Crippen LogP contribution in [0.15, 0.2) is 24.4 Å². The summed E-state index contributed by atoms with van der Waals surface area (Å²) in [5.74, 6) is 0.703. The number of anilines is 2. The van der Waals surface area contributed by atoms with Crippen molar-refractivity contribution >= 4 is 22.3 Å². The molecule has 0 atom stereocenters. The maximum atomic E-state index is 5.82. The van der Waals surface area contributed by atoms with E-state index in [4.69, 9.17) is 16.2 Å². The highest BCUT2D eigenvalue weighted by Crippen LogP contribution is 2.30. The lowest BCUT2D eigenvalue weighted by molar-refractivity contribution is 0.419. The number of benzene rings is 1. The van der Waals surface area contributed by atoms with Crippen molar-refractivity contribution < 1.29 is 4.74 Å². The summed E-state index contributed by atoms with van der Waals surface area (Å²) in [4.78, 5) is 4.18. The zero-order valence-corrected chi connectivity index (χ0v) is 7.82. The van der Waals surface area contributed by atoms with E-state index in [0.29, 0.717) is 17.1 Å². The second kappa shape index (κ2) is 3.06. The number of rotatable bonds is 1. The van der Waals surface area contributed by atoms with Crippen molar-refractivity contribution in [2.24, 2.45) is 0 Å². The molecule has 72 valence electrons. The van der Waals surface area contributed by atoms with Gasteiger partial charge in [-0.15, -0.1) is 0 Å². The standard InChI is InChI=1S/C10H11N3O/c1-14-8-4-2-3-6-9(12)7(11)5-13-10(6)8/h2-5H,11H2,1H3,(H2,12,13). The molecule has 1 aromatic heterocycles. The quantitative estimate of drug-likeness (QED) is 0.711. The smallest absolute Gasteiger partial charge is 0.145 e. The number of hydrogen-bond acceptors (Lipinski definition) is 4. The fourth-order valence-corrected chi connectivity index (χ4v) is 1.40. The Morgan fingerprint density at radius 2 is 2.07 bits per heavy atom. The number of pyridine rings is 1. The molecule has 2 aromatic rings. The molecule has 0 unspecified atom stereocenters. The van der Waals surface area contributed by atoms with Crippen molar-refractivity contribution in [3.05, 3.63) is 24.4 Å². The molecule has 1 aromatic carbocycles. The molecule has 0 fully saturated rings. The predicted molar refractivity (Wildman–Crippen MR) is 57.1 cm³/mol. The molecule has 4 nitrogen and oxygen atoms in total. The molecule has 14 heavy (non-hydrogen) atoms. The van der Waals surface area contributed by atoms with Gasteiger partial charge in [0, 0.05) is 5.39 Å². The van der Waals surface area contributed by atoms with Crippen LogP contribution in [0.4, 0.5) is 11.4 Å². The Kier molecular flexibility index (Phi) is 1.89. The Bertz CT molecular complexity index is 482. The first-order valence-electron chi connectivity index (χ1n) is 4.20. The van der Waals surface area contributed by atoms with E-state index in [1.807, 2.05) is 18.2 Å². The summed E-state index contributed by atoms with van der Waals surface area (Å²) < 4.78 is 5.16. The summed E-state index contributed by atoms with van der Waals surface area (Å²) >= 11 is 0. The molecule has 0 spiro atoms. The lowest BCUT2D eigenvalue weighted by Gasteiger charge is -2.07. The molecule has 0 radical (unpaired) electrons. The Hall–Kier alpha value is -1.97. The first-order chi connectivity index (χ1) is 6.74. The van der Waals surface area contributed by atoms with E-state index < -0.39 is 0 Å². The van der Waals surface area contributed by atoms with Crippen molar-refractivity contribution in [1.82, 2.24) is 4.98 Å². The zero-order valence-electron chi connectivity index (χ0n) is 7.82. The Morgan fingerprint density at radius 1 is 1.29 bits per heavy atom. The molecule has 2 rings (SSSR count). The maximum absolute atomic E-state index is 5.82. The normalized spacial score (nSPS) is 10.4. The van der Waals surface area contributed by atoms with E-state index in [9.17, 15) is 0 Å². The summed E-state index contributed by atoms with van der Waals surface area (Å²) in [6.07, 6.45) is 1.54. The van der Waals surface area contributed by atoms with Crippen LogP contribution in [-0.4, -0.2) is 12.1 Å². The molecule has 0 aliphatic heterocycles. The van der Waals surface area contributed by atoms with Gasteiger partial charge >= 0.3 is 0 Å². The number of methoxy groups -OCH3 is 1. The lowest BCUT2D eigenvalue weighted by Crippen LogP contribution is -1.98. The van der Waals surface area contributed by atoms with Crippen LogP contribution < -0.4 is 16.2 Å². The van der Waals surface area contributed by atoms with Gasteiger partial charge in [0.1, 0.15) is 11.3 Å². The van der Waals surface area contributed by atoms with E-state index in [1.165, 1.54) is 0 Å². The van der Waals surface area contributed by atoms with Crippen LogP contribution in [0.25, 0.3) is 10.9 Å². The van der Waals surface area contributed by atoms with Crippen LogP contribution in [0.2, 0.25) is 0 Å². The topological polar surface area (TPSA) is 74.2 Å². The van der Waals surface area contributed by atoms with Gasteiger partial charge in [-0.3, -0.25) is 4.98 Å². The summed E-state index contributed by atoms with van der Waals surface area (Å²) in [6, 6.07) is 5.57. The summed E-state index contributed by atoms with van der Waals surface area (Å²) in [6.45, 7) is 0. The van der Waals surface area contributed by atoms with Crippen LogP contribution in [-0.2, 0) is 0 Å². The first kappa shape index (κ1) is 8.62. The van der Waals surface area contributed by atoms with Crippen molar-refractivity contribution in [3.8, 4) is 5.75 Å². The minimum absolute atomic E-state index is 0.491. The minimum Gasteiger partial charge on any atom is -0.494 e. The van der Waals surface area contributed by atoms with Gasteiger partial charge in [-0.1, -0.05) is 12.1 Å². The number of nitrogen functional groups attached to an aromatic ring is 2. The third kappa shape index (κ3) is 1.12. The number of nitrogens with zero attached hydrogens (tertiary/aromatic N) is 1. The Labute approximate surface area is 81.5 Å². The van der Waals surface area contributed by atoms with Gasteiger partial charge in [0.05, 0.1) is 24.7 Å². The minimum atomic E-state index is 0.491. The van der Waals surface area contributed by atoms with E-state index in [-0.39, 0.29) is 0 Å². The van der Waals surface area contributed by atoms with Gasteiger partial charge in [-0.2, -0.15) is 0 Å². The van der Waals surface area contributed by atoms with Gasteiger partial charge in [-0.25, -0.2) is 0 Å². The van der Waals surface area contributed by atoms with Gasteiger partial charge in [-0.05, 0) is 6.07 Å². The average molecular weight is 189 g/mol. The molecule has 0 amide bonds. The van der Waals surface area contributed by atoms with Gasteiger partial charge < -0.3 is 16.2 Å². The van der Waals surface area contributed by atoms with Crippen molar-refractivity contribution in [2.75, 3.05) is 18.6 Å². The predicted octanol–water partition coefficient (Wildman–Crippen LogP) is 1.41. The SMILES string of the molecule is COc1cccc2c(N)c(N)cnc12. The van der Waals surface area contributed by atoms with Crippen LogP contribution in [0.3, 0.4) is 0 Å². The molecule has 1 heterocycles. The molecule has 0 aliphatic carbocycles. The van der Waals surface area contributed by atoms with E-state index in [0.717, 1.165) is 10.9 Å². The molecular formula is C10H11N3O. The Morgan fingerprint density at radius 3 is 2.79 bits per heavy atom. The number of fused-ring (bicyclic) bond motifs is 1. The number of para-hydroxylation sites is 1. The number of ether oxygens (including phenoxy) is 1. The summed E-state index contributed by atoms with van der Waals surface area (Å²) in [5.41, 5.74) is 13.2. The van der Waals surface area contributed by atoms with E-state index in [1.54, 1.807) is 13.3 Å². The van der Waals surface area contributed by atoms with Crippen molar-refractivity contribution in [3.63, 3.8) is 0 Å². The van der Waals surface area contributed by atoms with Crippen molar-refractivity contribution in [1.29, 1.82) is 0 Å². The maximum Gasteiger partial charge on any atom is 0.145 e. The molecule has 4 heteroatoms. The molecule has 0 aliphatic rings. The van der Waals surface area contributed by atoms with Crippen molar-refractivity contribution in [2.45, 2.75) is 0 Å². The fourth-order valence-electron chi connectivity index (χ4n) is 1.40. The van der Waals surface area contributed by atoms with Crippen LogP contribution in [0, 0.1) is 0 Å². The van der Waals surface area contributed by atoms with Gasteiger partial charge in [0.15, 0.2) is 0 Å². The molecule has 0 saturated carbocycles. The average Bonchev–Trinajstić information content (AvgIpc) is 2.23. The third-order valence-corrected chi connectivity index (χ3v) is 2.15. The second-order valence-corrected chi connectivity index (χ2v) is 2.98. The number of aromatic nitrogens is 1. The highest BCUT2D eigenvalue weighted by molar-refractivity contribution is 5.98. The Balaban J connectivity index is 2.86. The second-order valence-electron chi connectivity index (χ2n) is 2.98. The molecule has 0 bridgehead atoms. The zero-order chi connectivity index (χ0) is 10.1. The fraction of sp³-hybridized carbons (Fsp3) is 0.100. The molecular weight excluding hydrogens is 178 g/mol. The summed E-state index contributed by atoms with van der Waals surface area (Å²) in [7, 11) is 1.60. The van der Waals surface area contributed by atoms with E-state index in [2.05, 4.69) is 4.98 Å². The van der Waals surface area contributed by atoms with E-state index >= 15 is 0 Å². The number of nitrogens with two attached hydrogens (primary N) is 2. The van der Waals surface area contributed by atoms with Gasteiger partial charge in [0.2, 0.25) is 0 Å². The highest BCUT2D eigenvalue weighted by atomic mass is 16.5. The highest BCUT2D eigenvalue weighted by Gasteiger charge is 2.06. The van der Waals surface area contributed by atoms with Crippen LogP contribution >= 0.6 is 0 Å². The van der Waals surface area contributed by atoms with Crippen LogP contribution in [0.5, 0.6) is 5.75 Å². The van der Waals surface area contributed by atoms with Crippen LogP contribution in [0.1, 0.15) is 0 Å². The van der Waals surface area contributed by atoms with Gasteiger partial charge in [0.25, 0.3) is 0 Å². The lowest BCUT2D eigenvalue weighted by atomic mass is 10.1. The monoisotopic (exact) mass is 189 g/mol. The summed E-state index contributed by atoms with van der Waals surface area (Å²) in [5, 5.41) is 0.823. The molecule has 0 saturated heterocycles. The third-order valence-electron chi connectivity index (χ3n) is 2.15. The first-order valence-corrected chi connectivity index (χ1v) is 4.20.